The predicted octanol–water partition coefficient (Wildman–Crippen LogP) is 4.04. The Bertz CT molecular complexity index is 982. The van der Waals surface area contributed by atoms with Crippen molar-refractivity contribution in [2.24, 2.45) is 0 Å². The van der Waals surface area contributed by atoms with Crippen LogP contribution in [0.4, 0.5) is 0 Å². The molecule has 0 amide bonds. The lowest BCUT2D eigenvalue weighted by atomic mass is 10.0. The summed E-state index contributed by atoms with van der Waals surface area (Å²) in [5.74, 6) is 0. The fourth-order valence-electron chi connectivity index (χ4n) is 3.33. The summed E-state index contributed by atoms with van der Waals surface area (Å²) in [6, 6.07) is 20.1. The minimum atomic E-state index is -3.58. The van der Waals surface area contributed by atoms with E-state index in [0.717, 1.165) is 15.7 Å². The maximum Gasteiger partial charge on any atom is 0.244 e. The molecule has 1 aliphatic heterocycles. The molecule has 3 aromatic rings. The Morgan fingerprint density at radius 1 is 0.880 bits per heavy atom. The second kappa shape index (κ2) is 6.44. The summed E-state index contributed by atoms with van der Waals surface area (Å²) >= 11 is 3.45. The van der Waals surface area contributed by atoms with Crippen molar-refractivity contribution in [3.05, 3.63) is 88.7 Å². The van der Waals surface area contributed by atoms with Crippen LogP contribution in [0.3, 0.4) is 0 Å². The third-order valence-corrected chi connectivity index (χ3v) is 6.94. The topological polar surface area (TPSA) is 42.3 Å². The molecule has 0 bridgehead atoms. The van der Waals surface area contributed by atoms with Gasteiger partial charge in [-0.2, -0.15) is 4.31 Å². The molecular formula is C19H17BrN2O2S. The van der Waals surface area contributed by atoms with Crippen LogP contribution in [0.25, 0.3) is 0 Å². The lowest BCUT2D eigenvalue weighted by molar-refractivity contribution is 0.298. The number of benzene rings is 2. The summed E-state index contributed by atoms with van der Waals surface area (Å²) in [6.07, 6.45) is 2.01. The Labute approximate surface area is 155 Å². The first-order valence-electron chi connectivity index (χ1n) is 8.05. The number of rotatable bonds is 3. The van der Waals surface area contributed by atoms with E-state index >= 15 is 0 Å². The Kier molecular flexibility index (Phi) is 4.27. The van der Waals surface area contributed by atoms with Gasteiger partial charge in [-0.1, -0.05) is 46.3 Å². The van der Waals surface area contributed by atoms with Crippen molar-refractivity contribution >= 4 is 26.0 Å². The molecule has 0 radical (unpaired) electrons. The normalized spacial score (nSPS) is 18.0. The molecule has 0 aliphatic carbocycles. The highest BCUT2D eigenvalue weighted by atomic mass is 79.9. The molecule has 1 aliphatic rings. The zero-order valence-electron chi connectivity index (χ0n) is 13.4. The predicted molar refractivity (Wildman–Crippen MR) is 101 cm³/mol. The standard InChI is InChI=1S/C19H17BrN2O2S/c20-16-10-8-15(9-11-16)19-18-7-4-12-21(18)13-14-22(19)25(23,24)17-5-2-1-3-6-17/h1-12,19H,13-14H2/t19-/m1/s1. The lowest BCUT2D eigenvalue weighted by Gasteiger charge is -2.36. The van der Waals surface area contributed by atoms with Gasteiger partial charge >= 0.3 is 0 Å². The van der Waals surface area contributed by atoms with Gasteiger partial charge in [-0.25, -0.2) is 8.42 Å². The Balaban J connectivity index is 1.85. The van der Waals surface area contributed by atoms with E-state index in [1.54, 1.807) is 28.6 Å². The van der Waals surface area contributed by atoms with Crippen molar-refractivity contribution in [1.82, 2.24) is 8.87 Å². The van der Waals surface area contributed by atoms with Crippen LogP contribution in [0.1, 0.15) is 17.3 Å². The molecule has 0 saturated carbocycles. The van der Waals surface area contributed by atoms with Gasteiger partial charge in [0.25, 0.3) is 0 Å². The molecule has 128 valence electrons. The van der Waals surface area contributed by atoms with Crippen LogP contribution in [0, 0.1) is 0 Å². The number of hydrogen-bond acceptors (Lipinski definition) is 2. The summed E-state index contributed by atoms with van der Waals surface area (Å²) in [4.78, 5) is 0.331. The van der Waals surface area contributed by atoms with E-state index in [2.05, 4.69) is 20.5 Å². The van der Waals surface area contributed by atoms with Crippen LogP contribution in [0.5, 0.6) is 0 Å². The molecule has 0 saturated heterocycles. The molecule has 1 atom stereocenters. The first kappa shape index (κ1) is 16.6. The molecule has 2 aromatic carbocycles. The van der Waals surface area contributed by atoms with E-state index in [1.807, 2.05) is 48.7 Å². The highest BCUT2D eigenvalue weighted by Gasteiger charge is 2.37. The summed E-state index contributed by atoms with van der Waals surface area (Å²) in [5.41, 5.74) is 1.95. The highest BCUT2D eigenvalue weighted by molar-refractivity contribution is 9.10. The summed E-state index contributed by atoms with van der Waals surface area (Å²) in [5, 5.41) is 0. The quantitative estimate of drug-likeness (QED) is 0.646. The average Bonchev–Trinajstić information content (AvgIpc) is 3.11. The van der Waals surface area contributed by atoms with Gasteiger partial charge in [0, 0.05) is 29.5 Å². The third kappa shape index (κ3) is 2.94. The average molecular weight is 417 g/mol. The Morgan fingerprint density at radius 2 is 1.60 bits per heavy atom. The van der Waals surface area contributed by atoms with E-state index in [4.69, 9.17) is 0 Å². The molecule has 4 nitrogen and oxygen atoms in total. The third-order valence-electron chi connectivity index (χ3n) is 4.53. The van der Waals surface area contributed by atoms with Crippen molar-refractivity contribution in [3.8, 4) is 0 Å². The van der Waals surface area contributed by atoms with E-state index in [0.29, 0.717) is 18.0 Å². The number of hydrogen-bond donors (Lipinski definition) is 0. The molecule has 25 heavy (non-hydrogen) atoms. The summed E-state index contributed by atoms with van der Waals surface area (Å²) in [6.45, 7) is 1.10. The van der Waals surface area contributed by atoms with Crippen LogP contribution >= 0.6 is 15.9 Å². The molecule has 0 fully saturated rings. The van der Waals surface area contributed by atoms with Gasteiger partial charge in [0.2, 0.25) is 10.0 Å². The maximum atomic E-state index is 13.3. The lowest BCUT2D eigenvalue weighted by Crippen LogP contribution is -2.42. The highest BCUT2D eigenvalue weighted by Crippen LogP contribution is 2.36. The van der Waals surface area contributed by atoms with Crippen molar-refractivity contribution in [1.29, 1.82) is 0 Å². The van der Waals surface area contributed by atoms with E-state index in [9.17, 15) is 8.42 Å². The van der Waals surface area contributed by atoms with Crippen molar-refractivity contribution in [2.75, 3.05) is 6.54 Å². The van der Waals surface area contributed by atoms with Crippen LogP contribution in [-0.2, 0) is 16.6 Å². The van der Waals surface area contributed by atoms with Gasteiger partial charge < -0.3 is 4.57 Å². The first-order valence-corrected chi connectivity index (χ1v) is 10.3. The van der Waals surface area contributed by atoms with Crippen molar-refractivity contribution < 1.29 is 8.42 Å². The number of fused-ring (bicyclic) bond motifs is 1. The van der Waals surface area contributed by atoms with Gasteiger partial charge in [-0.05, 0) is 42.0 Å². The summed E-state index contributed by atoms with van der Waals surface area (Å²) < 4.78 is 31.3. The van der Waals surface area contributed by atoms with Crippen LogP contribution < -0.4 is 0 Å². The molecule has 1 aromatic heterocycles. The molecule has 0 unspecified atom stereocenters. The second-order valence-electron chi connectivity index (χ2n) is 6.01. The smallest absolute Gasteiger partial charge is 0.244 e. The Hall–Kier alpha value is -1.89. The van der Waals surface area contributed by atoms with Gasteiger partial charge in [0.15, 0.2) is 0 Å². The molecule has 0 N–H and O–H groups in total. The minimum Gasteiger partial charge on any atom is -0.348 e. The van der Waals surface area contributed by atoms with Crippen LogP contribution in [-0.4, -0.2) is 23.8 Å². The maximum absolute atomic E-state index is 13.3. The van der Waals surface area contributed by atoms with Gasteiger partial charge in [-0.15, -0.1) is 0 Å². The zero-order valence-corrected chi connectivity index (χ0v) is 15.8. The molecular weight excluding hydrogens is 400 g/mol. The molecule has 0 spiro atoms. The fourth-order valence-corrected chi connectivity index (χ4v) is 5.20. The van der Waals surface area contributed by atoms with E-state index < -0.39 is 10.0 Å². The number of nitrogens with zero attached hydrogens (tertiary/aromatic N) is 2. The number of halogens is 1. The van der Waals surface area contributed by atoms with E-state index in [-0.39, 0.29) is 6.04 Å². The Morgan fingerprint density at radius 3 is 2.32 bits per heavy atom. The van der Waals surface area contributed by atoms with Crippen molar-refractivity contribution in [3.63, 3.8) is 0 Å². The van der Waals surface area contributed by atoms with Crippen molar-refractivity contribution in [2.45, 2.75) is 17.5 Å². The second-order valence-corrected chi connectivity index (χ2v) is 8.82. The van der Waals surface area contributed by atoms with Crippen LogP contribution in [0.15, 0.2) is 82.3 Å². The van der Waals surface area contributed by atoms with E-state index in [1.165, 1.54) is 0 Å². The van der Waals surface area contributed by atoms with Gasteiger partial charge in [0.05, 0.1) is 10.9 Å². The molecule has 4 rings (SSSR count). The molecule has 2 heterocycles. The minimum absolute atomic E-state index is 0.331. The van der Waals surface area contributed by atoms with Gasteiger partial charge in [-0.3, -0.25) is 0 Å². The fraction of sp³-hybridized carbons (Fsp3) is 0.158. The monoisotopic (exact) mass is 416 g/mol. The SMILES string of the molecule is O=S(=O)(c1ccccc1)N1CCn2cccc2[C@H]1c1ccc(Br)cc1. The number of aromatic nitrogens is 1. The van der Waals surface area contributed by atoms with Gasteiger partial charge in [0.1, 0.15) is 0 Å². The van der Waals surface area contributed by atoms with Crippen LogP contribution in [0.2, 0.25) is 0 Å². The summed E-state index contributed by atoms with van der Waals surface area (Å²) in [7, 11) is -3.58. The largest absolute Gasteiger partial charge is 0.348 e. The molecule has 6 heteroatoms. The zero-order chi connectivity index (χ0) is 17.4. The number of sulfonamides is 1. The first-order chi connectivity index (χ1) is 12.1.